The number of carbonyl (C=O) groups excluding carboxylic acids is 2. The summed E-state index contributed by atoms with van der Waals surface area (Å²) < 4.78 is 1.98. The van der Waals surface area contributed by atoms with E-state index in [9.17, 15) is 9.59 Å². The van der Waals surface area contributed by atoms with Crippen molar-refractivity contribution in [3.63, 3.8) is 0 Å². The Balaban J connectivity index is 1.61. The minimum atomic E-state index is -0.712. The number of urea groups is 1. The van der Waals surface area contributed by atoms with Gasteiger partial charge in [0.15, 0.2) is 0 Å². The molecule has 4 heterocycles. The summed E-state index contributed by atoms with van der Waals surface area (Å²) in [6.07, 6.45) is 5.62. The van der Waals surface area contributed by atoms with Crippen LogP contribution in [0.15, 0.2) is 18.6 Å². The minimum Gasteiger partial charge on any atom is -0.356 e. The molecule has 0 unspecified atom stereocenters. The number of fused-ring (bicyclic) bond motifs is 1. The maximum absolute atomic E-state index is 13.3. The Kier molecular flexibility index (Phi) is 4.96. The number of amides is 3. The summed E-state index contributed by atoms with van der Waals surface area (Å²) >= 11 is 0. The van der Waals surface area contributed by atoms with Crippen molar-refractivity contribution in [2.45, 2.75) is 45.6 Å². The number of aromatic nitrogens is 3. The van der Waals surface area contributed by atoms with E-state index in [1.807, 2.05) is 35.7 Å². The van der Waals surface area contributed by atoms with Crippen molar-refractivity contribution >= 4 is 28.8 Å². The van der Waals surface area contributed by atoms with E-state index in [1.165, 1.54) is 4.90 Å². The Morgan fingerprint density at radius 2 is 1.90 bits per heavy atom. The van der Waals surface area contributed by atoms with Crippen LogP contribution in [0.3, 0.4) is 0 Å². The number of rotatable bonds is 5. The van der Waals surface area contributed by atoms with Crippen LogP contribution < -0.4 is 4.90 Å². The van der Waals surface area contributed by atoms with Crippen molar-refractivity contribution in [3.8, 4) is 0 Å². The highest BCUT2D eigenvalue weighted by molar-refractivity contribution is 6.07. The molecule has 8 heteroatoms. The van der Waals surface area contributed by atoms with Crippen molar-refractivity contribution in [1.29, 1.82) is 0 Å². The van der Waals surface area contributed by atoms with Crippen LogP contribution in [-0.2, 0) is 11.8 Å². The first-order valence-electron chi connectivity index (χ1n) is 10.5. The summed E-state index contributed by atoms with van der Waals surface area (Å²) in [7, 11) is 1.97. The van der Waals surface area contributed by atoms with Gasteiger partial charge in [-0.05, 0) is 31.2 Å². The van der Waals surface area contributed by atoms with E-state index < -0.39 is 5.54 Å². The van der Waals surface area contributed by atoms with Gasteiger partial charge in [-0.3, -0.25) is 9.69 Å². The Morgan fingerprint density at radius 1 is 1.17 bits per heavy atom. The zero-order valence-electron chi connectivity index (χ0n) is 17.8. The fraction of sp³-hybridized carbons (Fsp3) is 0.619. The smallest absolute Gasteiger partial charge is 0.327 e. The van der Waals surface area contributed by atoms with E-state index in [-0.39, 0.29) is 11.9 Å². The molecule has 0 N–H and O–H groups in total. The lowest BCUT2D eigenvalue weighted by molar-refractivity contribution is -0.134. The van der Waals surface area contributed by atoms with Crippen LogP contribution in [0, 0.1) is 5.92 Å². The van der Waals surface area contributed by atoms with Crippen LogP contribution in [0.1, 0.15) is 40.0 Å². The monoisotopic (exact) mass is 398 g/mol. The van der Waals surface area contributed by atoms with E-state index >= 15 is 0 Å². The average Bonchev–Trinajstić information content (AvgIpc) is 3.17. The zero-order valence-corrected chi connectivity index (χ0v) is 17.8. The van der Waals surface area contributed by atoms with E-state index in [2.05, 4.69) is 28.7 Å². The van der Waals surface area contributed by atoms with E-state index in [1.54, 1.807) is 6.33 Å². The van der Waals surface area contributed by atoms with Gasteiger partial charge in [-0.25, -0.2) is 14.8 Å². The van der Waals surface area contributed by atoms with Crippen molar-refractivity contribution in [2.24, 2.45) is 13.0 Å². The Morgan fingerprint density at radius 3 is 2.55 bits per heavy atom. The summed E-state index contributed by atoms with van der Waals surface area (Å²) in [5.74, 6) is 1.20. The maximum Gasteiger partial charge on any atom is 0.327 e. The highest BCUT2D eigenvalue weighted by Crippen LogP contribution is 2.39. The SMILES string of the molecule is CCCN1C(=O)N(CC(C)C)C2(CCN(c3ncnc4c3ccn4C)CC2)C1=O. The molecule has 0 aliphatic carbocycles. The minimum absolute atomic E-state index is 0.0165. The predicted molar refractivity (Wildman–Crippen MR) is 112 cm³/mol. The van der Waals surface area contributed by atoms with Gasteiger partial charge < -0.3 is 14.4 Å². The van der Waals surface area contributed by atoms with E-state index in [0.717, 1.165) is 23.3 Å². The molecule has 2 aromatic heterocycles. The summed E-state index contributed by atoms with van der Waals surface area (Å²) in [6, 6.07) is 1.92. The number of hydrogen-bond donors (Lipinski definition) is 0. The molecule has 8 nitrogen and oxygen atoms in total. The molecule has 1 spiro atoms. The number of nitrogens with zero attached hydrogens (tertiary/aromatic N) is 6. The molecule has 2 aliphatic rings. The fourth-order valence-corrected chi connectivity index (χ4v) is 4.71. The van der Waals surface area contributed by atoms with Crippen molar-refractivity contribution in [2.75, 3.05) is 31.1 Å². The molecule has 29 heavy (non-hydrogen) atoms. The summed E-state index contributed by atoms with van der Waals surface area (Å²) in [6.45, 7) is 8.67. The molecule has 156 valence electrons. The van der Waals surface area contributed by atoms with Crippen LogP contribution >= 0.6 is 0 Å². The van der Waals surface area contributed by atoms with Gasteiger partial charge in [-0.1, -0.05) is 20.8 Å². The second-order valence-electron chi connectivity index (χ2n) is 8.62. The molecule has 0 saturated carbocycles. The summed E-state index contributed by atoms with van der Waals surface area (Å²) in [5.41, 5.74) is 0.188. The summed E-state index contributed by atoms with van der Waals surface area (Å²) in [4.78, 5) is 40.8. The van der Waals surface area contributed by atoms with Gasteiger partial charge >= 0.3 is 6.03 Å². The van der Waals surface area contributed by atoms with Gasteiger partial charge in [-0.2, -0.15) is 0 Å². The van der Waals surface area contributed by atoms with Crippen molar-refractivity contribution < 1.29 is 9.59 Å². The van der Waals surface area contributed by atoms with Gasteiger partial charge in [-0.15, -0.1) is 0 Å². The van der Waals surface area contributed by atoms with Gasteiger partial charge in [0, 0.05) is 39.4 Å². The van der Waals surface area contributed by atoms with Crippen molar-refractivity contribution in [3.05, 3.63) is 18.6 Å². The van der Waals surface area contributed by atoms with Gasteiger partial charge in [0.25, 0.3) is 5.91 Å². The first-order chi connectivity index (χ1) is 13.9. The number of aryl methyl sites for hydroxylation is 1. The van der Waals surface area contributed by atoms with Crippen LogP contribution in [0.2, 0.25) is 0 Å². The second-order valence-corrected chi connectivity index (χ2v) is 8.62. The lowest BCUT2D eigenvalue weighted by Gasteiger charge is -2.43. The van der Waals surface area contributed by atoms with Gasteiger partial charge in [0.1, 0.15) is 23.3 Å². The van der Waals surface area contributed by atoms with Crippen LogP contribution in [0.25, 0.3) is 11.0 Å². The largest absolute Gasteiger partial charge is 0.356 e. The van der Waals surface area contributed by atoms with Crippen LogP contribution in [-0.4, -0.2) is 68.0 Å². The van der Waals surface area contributed by atoms with Crippen molar-refractivity contribution in [1.82, 2.24) is 24.3 Å². The highest BCUT2D eigenvalue weighted by Gasteiger charge is 2.57. The molecule has 2 fully saturated rings. The number of hydrogen-bond acceptors (Lipinski definition) is 5. The molecule has 0 atom stereocenters. The van der Waals surface area contributed by atoms with Gasteiger partial charge in [0.2, 0.25) is 0 Å². The first-order valence-corrected chi connectivity index (χ1v) is 10.5. The zero-order chi connectivity index (χ0) is 20.8. The maximum atomic E-state index is 13.3. The van der Waals surface area contributed by atoms with Gasteiger partial charge in [0.05, 0.1) is 5.39 Å². The second kappa shape index (κ2) is 7.31. The molecule has 2 aromatic rings. The molecular formula is C21H30N6O2. The predicted octanol–water partition coefficient (Wildman–Crippen LogP) is 2.64. The summed E-state index contributed by atoms with van der Waals surface area (Å²) in [5, 5.41) is 1.02. The number of imide groups is 1. The van der Waals surface area contributed by atoms with Crippen LogP contribution in [0.4, 0.5) is 10.6 Å². The third kappa shape index (κ3) is 3.05. The van der Waals surface area contributed by atoms with E-state index in [4.69, 9.17) is 0 Å². The molecule has 3 amide bonds. The molecule has 0 aromatic carbocycles. The topological polar surface area (TPSA) is 74.6 Å². The lowest BCUT2D eigenvalue weighted by atomic mass is 9.85. The number of carbonyl (C=O) groups is 2. The number of anilines is 1. The Labute approximate surface area is 171 Å². The molecule has 2 saturated heterocycles. The third-order valence-electron chi connectivity index (χ3n) is 6.15. The first kappa shape index (κ1) is 19.7. The Hall–Kier alpha value is -2.64. The average molecular weight is 399 g/mol. The lowest BCUT2D eigenvalue weighted by Crippen LogP contribution is -2.57. The molecule has 4 rings (SSSR count). The third-order valence-corrected chi connectivity index (χ3v) is 6.15. The van der Waals surface area contributed by atoms with E-state index in [0.29, 0.717) is 44.9 Å². The molecule has 0 radical (unpaired) electrons. The Bertz CT molecular complexity index is 928. The number of piperidine rings is 1. The quantitative estimate of drug-likeness (QED) is 0.724. The van der Waals surface area contributed by atoms with Crippen LogP contribution in [0.5, 0.6) is 0 Å². The fourth-order valence-electron chi connectivity index (χ4n) is 4.71. The normalized spacial score (nSPS) is 19.4. The standard InChI is InChI=1S/C21H30N6O2/c1-5-9-26-19(28)21(27(20(26)29)13-15(2)3)7-11-25(12-8-21)18-16-6-10-24(4)17(16)22-14-23-18/h6,10,14-15H,5,7-9,11-13H2,1-4H3. The molecule has 2 aliphatic heterocycles. The highest BCUT2D eigenvalue weighted by atomic mass is 16.2. The molecular weight excluding hydrogens is 368 g/mol. The molecule has 0 bridgehead atoms.